The number of amides is 2. The molecule has 0 aliphatic rings. The van der Waals surface area contributed by atoms with Gasteiger partial charge in [0.1, 0.15) is 11.6 Å². The smallest absolute Gasteiger partial charge is 0.359 e. The van der Waals surface area contributed by atoms with Gasteiger partial charge in [-0.3, -0.25) is 9.59 Å². The highest BCUT2D eigenvalue weighted by Gasteiger charge is 2.36. The number of fused-ring (bicyclic) bond motifs is 1. The van der Waals surface area contributed by atoms with Gasteiger partial charge in [-0.25, -0.2) is 19.0 Å². The number of halogens is 4. The van der Waals surface area contributed by atoms with E-state index in [1.54, 1.807) is 48.5 Å². The fraction of sp³-hybridized carbons (Fsp3) is 0.107. The maximum atomic E-state index is 15.0. The van der Waals surface area contributed by atoms with Crippen LogP contribution in [0.4, 0.5) is 23.4 Å². The number of alkyl halides is 3. The van der Waals surface area contributed by atoms with Crippen LogP contribution in [-0.2, 0) is 17.4 Å². The molecule has 5 aromatic rings. The van der Waals surface area contributed by atoms with Crippen molar-refractivity contribution in [2.24, 2.45) is 0 Å². The van der Waals surface area contributed by atoms with Crippen molar-refractivity contribution in [1.82, 2.24) is 25.1 Å². The topological polar surface area (TPSA) is 102 Å². The molecule has 0 saturated heterocycles. The van der Waals surface area contributed by atoms with Gasteiger partial charge in [-0.1, -0.05) is 24.3 Å². The van der Waals surface area contributed by atoms with Crippen LogP contribution in [0.3, 0.4) is 0 Å². The van der Waals surface area contributed by atoms with Gasteiger partial charge in [0.15, 0.2) is 5.82 Å². The number of para-hydroxylation sites is 1. The number of nitrogens with one attached hydrogen (secondary N) is 2. The second kappa shape index (κ2) is 10.6. The van der Waals surface area contributed by atoms with Gasteiger partial charge in [0, 0.05) is 30.4 Å². The minimum Gasteiger partial charge on any atom is -0.359 e. The predicted octanol–water partition coefficient (Wildman–Crippen LogP) is 5.18. The molecular formula is C28H20F4N6O2. The van der Waals surface area contributed by atoms with Crippen molar-refractivity contribution < 1.29 is 27.2 Å². The first-order valence-corrected chi connectivity index (χ1v) is 11.9. The normalized spacial score (nSPS) is 11.4. The van der Waals surface area contributed by atoms with Crippen molar-refractivity contribution >= 4 is 28.5 Å². The molecule has 0 atom stereocenters. The van der Waals surface area contributed by atoms with E-state index in [9.17, 15) is 22.8 Å². The summed E-state index contributed by atoms with van der Waals surface area (Å²) < 4.78 is 57.7. The van der Waals surface area contributed by atoms with Crippen molar-refractivity contribution in [2.75, 3.05) is 12.4 Å². The molecule has 2 amide bonds. The first kappa shape index (κ1) is 26.5. The lowest BCUT2D eigenvalue weighted by molar-refractivity contribution is -0.137. The summed E-state index contributed by atoms with van der Waals surface area (Å²) in [4.78, 5) is 32.9. The van der Waals surface area contributed by atoms with Gasteiger partial charge in [0.2, 0.25) is 5.91 Å². The molecule has 40 heavy (non-hydrogen) atoms. The Balaban J connectivity index is 1.61. The Morgan fingerprint density at radius 1 is 0.950 bits per heavy atom. The van der Waals surface area contributed by atoms with Crippen LogP contribution in [0.2, 0.25) is 0 Å². The SMILES string of the molecule is CNC(=O)Cc1ccc2c(NC(=O)c3cc(-c4ncccn4)c(C(F)(F)F)cc3F)n(-c3ccccc3)nc2c1. The largest absolute Gasteiger partial charge is 0.417 e. The quantitative estimate of drug-likeness (QED) is 0.285. The van der Waals surface area contributed by atoms with Crippen LogP contribution in [0.5, 0.6) is 0 Å². The standard InChI is InChI=1S/C28H20F4N6O2/c1-33-24(39)13-16-8-9-18-23(12-16)37-38(17-6-3-2-4-7-17)26(18)36-27(40)20-14-19(25-34-10-5-11-35-25)21(15-22(20)29)28(30,31)32/h2-12,14-15H,13H2,1H3,(H,33,39)(H,36,40). The lowest BCUT2D eigenvalue weighted by atomic mass is 10.0. The Kier molecular flexibility index (Phi) is 6.99. The van der Waals surface area contributed by atoms with Crippen LogP contribution >= 0.6 is 0 Å². The molecule has 0 saturated carbocycles. The lowest BCUT2D eigenvalue weighted by Crippen LogP contribution is -2.19. The third kappa shape index (κ3) is 5.23. The molecule has 5 rings (SSSR count). The van der Waals surface area contributed by atoms with E-state index in [0.29, 0.717) is 22.2 Å². The molecule has 0 aliphatic heterocycles. The Hall–Kier alpha value is -5.13. The Bertz CT molecular complexity index is 1720. The van der Waals surface area contributed by atoms with Gasteiger partial charge in [-0.05, 0) is 48.0 Å². The second-order valence-electron chi connectivity index (χ2n) is 8.70. The third-order valence-corrected chi connectivity index (χ3v) is 6.08. The van der Waals surface area contributed by atoms with Crippen LogP contribution < -0.4 is 10.6 Å². The van der Waals surface area contributed by atoms with Gasteiger partial charge in [-0.15, -0.1) is 0 Å². The van der Waals surface area contributed by atoms with Gasteiger partial charge in [0.25, 0.3) is 5.91 Å². The Morgan fingerprint density at radius 3 is 2.35 bits per heavy atom. The van der Waals surface area contributed by atoms with Crippen LogP contribution in [0.25, 0.3) is 28.0 Å². The minimum atomic E-state index is -4.92. The van der Waals surface area contributed by atoms with Crippen molar-refractivity contribution in [3.05, 3.63) is 102 Å². The number of likely N-dealkylation sites (N-methyl/N-ethyl adjacent to an activating group) is 1. The van der Waals surface area contributed by atoms with E-state index in [2.05, 4.69) is 25.7 Å². The Labute approximate surface area is 224 Å². The fourth-order valence-electron chi connectivity index (χ4n) is 4.17. The van der Waals surface area contributed by atoms with Gasteiger partial charge in [-0.2, -0.15) is 18.3 Å². The summed E-state index contributed by atoms with van der Waals surface area (Å²) in [6, 6.07) is 16.3. The van der Waals surface area contributed by atoms with Crippen LogP contribution in [0.15, 0.2) is 79.1 Å². The zero-order chi connectivity index (χ0) is 28.4. The number of nitrogens with zero attached hydrogens (tertiary/aromatic N) is 4. The van der Waals surface area contributed by atoms with E-state index in [-0.39, 0.29) is 30.0 Å². The van der Waals surface area contributed by atoms with E-state index < -0.39 is 34.6 Å². The molecule has 202 valence electrons. The number of aromatic nitrogens is 4. The van der Waals surface area contributed by atoms with Crippen molar-refractivity contribution in [3.63, 3.8) is 0 Å². The van der Waals surface area contributed by atoms with E-state index in [1.165, 1.54) is 30.2 Å². The monoisotopic (exact) mass is 548 g/mol. The molecule has 0 spiro atoms. The maximum Gasteiger partial charge on any atom is 0.417 e. The second-order valence-corrected chi connectivity index (χ2v) is 8.70. The number of rotatable bonds is 6. The summed E-state index contributed by atoms with van der Waals surface area (Å²) in [5, 5.41) is 10.2. The molecule has 0 unspecified atom stereocenters. The molecule has 0 bridgehead atoms. The summed E-state index contributed by atoms with van der Waals surface area (Å²) >= 11 is 0. The summed E-state index contributed by atoms with van der Waals surface area (Å²) in [5.74, 6) is -2.72. The molecule has 0 radical (unpaired) electrons. The first-order chi connectivity index (χ1) is 19.2. The number of carbonyl (C=O) groups is 2. The highest BCUT2D eigenvalue weighted by Crippen LogP contribution is 2.38. The van der Waals surface area contributed by atoms with Crippen molar-refractivity contribution in [3.8, 4) is 17.1 Å². The molecule has 0 aliphatic carbocycles. The number of hydrogen-bond acceptors (Lipinski definition) is 5. The molecule has 12 heteroatoms. The van der Waals surface area contributed by atoms with Crippen molar-refractivity contribution in [1.29, 1.82) is 0 Å². The zero-order valence-corrected chi connectivity index (χ0v) is 20.8. The number of anilines is 1. The molecule has 2 aromatic heterocycles. The number of benzene rings is 3. The molecule has 2 N–H and O–H groups in total. The summed E-state index contributed by atoms with van der Waals surface area (Å²) in [7, 11) is 1.52. The van der Waals surface area contributed by atoms with Crippen LogP contribution in [0.1, 0.15) is 21.5 Å². The third-order valence-electron chi connectivity index (χ3n) is 6.08. The molecule has 0 fully saturated rings. The van der Waals surface area contributed by atoms with Gasteiger partial charge < -0.3 is 10.6 Å². The summed E-state index contributed by atoms with van der Waals surface area (Å²) in [6.07, 6.45) is -2.32. The number of hydrogen-bond donors (Lipinski definition) is 2. The molecule has 8 nitrogen and oxygen atoms in total. The van der Waals surface area contributed by atoms with Gasteiger partial charge in [0.05, 0.1) is 28.8 Å². The summed E-state index contributed by atoms with van der Waals surface area (Å²) in [5.41, 5.74) is -0.819. The fourth-order valence-corrected chi connectivity index (χ4v) is 4.17. The average molecular weight is 548 g/mol. The molecule has 3 aromatic carbocycles. The highest BCUT2D eigenvalue weighted by atomic mass is 19.4. The summed E-state index contributed by atoms with van der Waals surface area (Å²) in [6.45, 7) is 0. The highest BCUT2D eigenvalue weighted by molar-refractivity contribution is 6.09. The lowest BCUT2D eigenvalue weighted by Gasteiger charge is -2.15. The van der Waals surface area contributed by atoms with E-state index in [4.69, 9.17) is 0 Å². The first-order valence-electron chi connectivity index (χ1n) is 11.9. The van der Waals surface area contributed by atoms with E-state index in [1.807, 2.05) is 0 Å². The predicted molar refractivity (Wildman–Crippen MR) is 139 cm³/mol. The average Bonchev–Trinajstić information content (AvgIpc) is 3.30. The minimum absolute atomic E-state index is 0.105. The van der Waals surface area contributed by atoms with E-state index >= 15 is 4.39 Å². The van der Waals surface area contributed by atoms with Gasteiger partial charge >= 0.3 is 6.18 Å². The zero-order valence-electron chi connectivity index (χ0n) is 20.8. The number of carbonyl (C=O) groups excluding carboxylic acids is 2. The molecular weight excluding hydrogens is 528 g/mol. The van der Waals surface area contributed by atoms with Crippen LogP contribution in [0, 0.1) is 5.82 Å². The maximum absolute atomic E-state index is 15.0. The van der Waals surface area contributed by atoms with E-state index in [0.717, 1.165) is 6.07 Å². The van der Waals surface area contributed by atoms with Crippen molar-refractivity contribution in [2.45, 2.75) is 12.6 Å². The Morgan fingerprint density at radius 2 is 1.68 bits per heavy atom. The van der Waals surface area contributed by atoms with Crippen LogP contribution in [-0.4, -0.2) is 38.6 Å². The molecule has 2 heterocycles.